The van der Waals surface area contributed by atoms with Crippen molar-refractivity contribution in [2.24, 2.45) is 0 Å². The van der Waals surface area contributed by atoms with Gasteiger partial charge in [-0.25, -0.2) is 9.97 Å². The number of hydrogen-bond acceptors (Lipinski definition) is 6. The smallest absolute Gasteiger partial charge is 0.263 e. The van der Waals surface area contributed by atoms with Crippen molar-refractivity contribution >= 4 is 17.2 Å². The van der Waals surface area contributed by atoms with E-state index in [1.807, 2.05) is 50.2 Å². The van der Waals surface area contributed by atoms with Gasteiger partial charge in [-0.1, -0.05) is 30.3 Å². The van der Waals surface area contributed by atoms with Crippen molar-refractivity contribution in [3.63, 3.8) is 0 Å². The monoisotopic (exact) mass is 431 g/mol. The summed E-state index contributed by atoms with van der Waals surface area (Å²) in [6, 6.07) is 14.4. The van der Waals surface area contributed by atoms with Gasteiger partial charge in [-0.05, 0) is 31.5 Å². The average molecular weight is 432 g/mol. The molecule has 0 saturated heterocycles. The highest BCUT2D eigenvalue weighted by Gasteiger charge is 2.21. The van der Waals surface area contributed by atoms with Crippen molar-refractivity contribution in [3.8, 4) is 11.4 Å². The zero-order chi connectivity index (χ0) is 21.8. The molecule has 1 amide bonds. The minimum Gasteiger partial charge on any atom is -0.344 e. The Morgan fingerprint density at radius 2 is 1.94 bits per heavy atom. The summed E-state index contributed by atoms with van der Waals surface area (Å²) in [5.74, 6) is 0.261. The van der Waals surface area contributed by atoms with Crippen LogP contribution in [0.4, 0.5) is 0 Å². The molecule has 156 valence electrons. The number of amides is 1. The Labute approximate surface area is 183 Å². The summed E-state index contributed by atoms with van der Waals surface area (Å²) in [7, 11) is 0. The summed E-state index contributed by atoms with van der Waals surface area (Å²) in [6.45, 7) is 3.71. The molecule has 3 aromatic heterocycles. The number of hydrogen-bond donors (Lipinski definition) is 2. The molecule has 0 bridgehead atoms. The number of pyridine rings is 1. The third-order valence-electron chi connectivity index (χ3n) is 4.76. The second kappa shape index (κ2) is 9.01. The predicted octanol–water partition coefficient (Wildman–Crippen LogP) is 3.62. The molecule has 0 aliphatic heterocycles. The zero-order valence-electron chi connectivity index (χ0n) is 17.1. The second-order valence-corrected chi connectivity index (χ2v) is 8.32. The minimum absolute atomic E-state index is 0.186. The van der Waals surface area contributed by atoms with Gasteiger partial charge < -0.3 is 10.3 Å². The first kappa shape index (κ1) is 20.6. The van der Waals surface area contributed by atoms with Crippen LogP contribution in [0.15, 0.2) is 65.7 Å². The molecule has 0 aliphatic rings. The van der Waals surface area contributed by atoms with Gasteiger partial charge in [-0.15, -0.1) is 11.3 Å². The summed E-state index contributed by atoms with van der Waals surface area (Å²) < 4.78 is 0. The van der Waals surface area contributed by atoms with Gasteiger partial charge in [0.25, 0.3) is 11.5 Å². The van der Waals surface area contributed by atoms with E-state index in [1.54, 1.807) is 18.5 Å². The second-order valence-electron chi connectivity index (χ2n) is 7.12. The van der Waals surface area contributed by atoms with Crippen LogP contribution in [0.25, 0.3) is 11.4 Å². The van der Waals surface area contributed by atoms with E-state index in [1.165, 1.54) is 17.4 Å². The van der Waals surface area contributed by atoms with E-state index in [2.05, 4.69) is 25.3 Å². The van der Waals surface area contributed by atoms with Crippen LogP contribution in [0.5, 0.6) is 0 Å². The first-order valence-electron chi connectivity index (χ1n) is 9.80. The fourth-order valence-electron chi connectivity index (χ4n) is 3.36. The van der Waals surface area contributed by atoms with Gasteiger partial charge in [0.2, 0.25) is 0 Å². The van der Waals surface area contributed by atoms with Crippen molar-refractivity contribution in [1.82, 2.24) is 25.3 Å². The number of aryl methyl sites for hydroxylation is 2. The Morgan fingerprint density at radius 3 is 2.61 bits per heavy atom. The van der Waals surface area contributed by atoms with Gasteiger partial charge >= 0.3 is 0 Å². The molecule has 0 saturated carbocycles. The van der Waals surface area contributed by atoms with Gasteiger partial charge in [0.1, 0.15) is 10.7 Å². The number of thiazole rings is 1. The zero-order valence-corrected chi connectivity index (χ0v) is 17.9. The van der Waals surface area contributed by atoms with Crippen LogP contribution in [-0.2, 0) is 6.42 Å². The van der Waals surface area contributed by atoms with E-state index in [-0.39, 0.29) is 17.5 Å². The fourth-order valence-corrected chi connectivity index (χ4v) is 4.19. The van der Waals surface area contributed by atoms with Crippen LogP contribution < -0.4 is 10.9 Å². The molecule has 0 fully saturated rings. The Bertz CT molecular complexity index is 1250. The Balaban J connectivity index is 1.66. The number of H-pyrrole nitrogens is 1. The van der Waals surface area contributed by atoms with Crippen LogP contribution in [-0.4, -0.2) is 25.8 Å². The molecular formula is C23H21N5O2S. The normalized spacial score (nSPS) is 11.8. The lowest BCUT2D eigenvalue weighted by Gasteiger charge is -2.19. The number of rotatable bonds is 6. The lowest BCUT2D eigenvalue weighted by Crippen LogP contribution is -2.30. The first-order chi connectivity index (χ1) is 15.0. The van der Waals surface area contributed by atoms with Crippen LogP contribution in [0.3, 0.4) is 0 Å². The molecule has 3 heterocycles. The molecule has 1 unspecified atom stereocenters. The highest BCUT2D eigenvalue weighted by atomic mass is 32.1. The van der Waals surface area contributed by atoms with Gasteiger partial charge in [0, 0.05) is 30.4 Å². The number of benzene rings is 1. The minimum atomic E-state index is -0.355. The maximum atomic E-state index is 13.0. The molecule has 1 atom stereocenters. The highest BCUT2D eigenvalue weighted by molar-refractivity contribution is 7.13. The number of aromatic amines is 1. The van der Waals surface area contributed by atoms with Crippen molar-refractivity contribution in [2.75, 3.05) is 0 Å². The molecular weight excluding hydrogens is 410 g/mol. The molecule has 8 heteroatoms. The molecule has 4 rings (SSSR count). The molecule has 7 nitrogen and oxygen atoms in total. The Morgan fingerprint density at radius 1 is 1.13 bits per heavy atom. The third-order valence-corrected chi connectivity index (χ3v) is 5.83. The molecule has 2 N–H and O–H groups in total. The summed E-state index contributed by atoms with van der Waals surface area (Å²) in [6.07, 6.45) is 3.67. The van der Waals surface area contributed by atoms with E-state index in [9.17, 15) is 9.59 Å². The van der Waals surface area contributed by atoms with Crippen LogP contribution in [0, 0.1) is 13.8 Å². The predicted molar refractivity (Wildman–Crippen MR) is 120 cm³/mol. The van der Waals surface area contributed by atoms with Gasteiger partial charge in [0.05, 0.1) is 22.4 Å². The number of nitrogens with one attached hydrogen (secondary N) is 2. The standard InChI is InChI=1S/C23H21N5O2S/c1-14-21(31-15(2)25-14)23(30)27-19(16-7-4-3-5-8-16)11-18-12-20(29)28-22(26-18)17-9-6-10-24-13-17/h3-10,12-13,19H,11H2,1-2H3,(H,27,30)(H,26,28,29). The maximum Gasteiger partial charge on any atom is 0.263 e. The fraction of sp³-hybridized carbons (Fsp3) is 0.174. The Kier molecular flexibility index (Phi) is 5.99. The highest BCUT2D eigenvalue weighted by Crippen LogP contribution is 2.22. The molecule has 1 aromatic carbocycles. The Hall–Kier alpha value is -3.65. The van der Waals surface area contributed by atoms with Gasteiger partial charge in [-0.2, -0.15) is 0 Å². The van der Waals surface area contributed by atoms with E-state index in [0.29, 0.717) is 28.5 Å². The van der Waals surface area contributed by atoms with Crippen LogP contribution in [0.1, 0.15) is 37.7 Å². The van der Waals surface area contributed by atoms with E-state index >= 15 is 0 Å². The van der Waals surface area contributed by atoms with Crippen molar-refractivity contribution in [1.29, 1.82) is 0 Å². The van der Waals surface area contributed by atoms with Crippen molar-refractivity contribution < 1.29 is 4.79 Å². The summed E-state index contributed by atoms with van der Waals surface area (Å²) in [5, 5.41) is 3.94. The van der Waals surface area contributed by atoms with Gasteiger partial charge in [-0.3, -0.25) is 14.6 Å². The van der Waals surface area contributed by atoms with Gasteiger partial charge in [0.15, 0.2) is 0 Å². The first-order valence-corrected chi connectivity index (χ1v) is 10.6. The summed E-state index contributed by atoms with van der Waals surface area (Å²) in [5.41, 5.74) is 2.68. The lowest BCUT2D eigenvalue weighted by atomic mass is 10.0. The van der Waals surface area contributed by atoms with E-state index in [0.717, 1.165) is 16.1 Å². The molecule has 0 radical (unpaired) electrons. The van der Waals surface area contributed by atoms with Crippen molar-refractivity contribution in [2.45, 2.75) is 26.3 Å². The summed E-state index contributed by atoms with van der Waals surface area (Å²) in [4.78, 5) is 41.6. The molecule has 0 spiro atoms. The molecule has 0 aliphatic carbocycles. The maximum absolute atomic E-state index is 13.0. The molecule has 4 aromatic rings. The quantitative estimate of drug-likeness (QED) is 0.486. The third kappa shape index (κ3) is 4.92. The lowest BCUT2D eigenvalue weighted by molar-refractivity contribution is 0.0939. The largest absolute Gasteiger partial charge is 0.344 e. The van der Waals surface area contributed by atoms with Crippen molar-refractivity contribution in [3.05, 3.63) is 98.1 Å². The molecule has 31 heavy (non-hydrogen) atoms. The topological polar surface area (TPSA) is 101 Å². The van der Waals surface area contributed by atoms with E-state index in [4.69, 9.17) is 0 Å². The van der Waals surface area contributed by atoms with E-state index < -0.39 is 0 Å². The number of aromatic nitrogens is 4. The average Bonchev–Trinajstić information content (AvgIpc) is 3.12. The number of carbonyl (C=O) groups excluding carboxylic acids is 1. The van der Waals surface area contributed by atoms with Crippen LogP contribution in [0.2, 0.25) is 0 Å². The summed E-state index contributed by atoms with van der Waals surface area (Å²) >= 11 is 1.37. The number of carbonyl (C=O) groups is 1. The van der Waals surface area contributed by atoms with Crippen LogP contribution >= 0.6 is 11.3 Å². The number of nitrogens with zero attached hydrogens (tertiary/aromatic N) is 3. The SMILES string of the molecule is Cc1nc(C)c(C(=O)NC(Cc2cc(=O)[nH]c(-c3cccnc3)n2)c2ccccc2)s1.